The molecular formula is C57H52N2. The number of benzene rings is 6. The fraction of sp³-hybridized carbons (Fsp3) is 0.123. The third-order valence-corrected chi connectivity index (χ3v) is 11.2. The minimum absolute atomic E-state index is 0.235. The summed E-state index contributed by atoms with van der Waals surface area (Å²) >= 11 is 0. The predicted octanol–water partition coefficient (Wildman–Crippen LogP) is 15.2. The van der Waals surface area contributed by atoms with Crippen LogP contribution in [0.5, 0.6) is 0 Å². The first-order valence-corrected chi connectivity index (χ1v) is 20.9. The number of rotatable bonds is 12. The van der Waals surface area contributed by atoms with Crippen LogP contribution in [0, 0.1) is 13.8 Å². The van der Waals surface area contributed by atoms with E-state index in [-0.39, 0.29) is 6.04 Å². The first kappa shape index (κ1) is 38.9. The van der Waals surface area contributed by atoms with Crippen LogP contribution >= 0.6 is 0 Å². The van der Waals surface area contributed by atoms with Crippen molar-refractivity contribution in [3.63, 3.8) is 0 Å². The van der Waals surface area contributed by atoms with E-state index in [2.05, 4.69) is 249 Å². The Morgan fingerprint density at radius 2 is 1.24 bits per heavy atom. The van der Waals surface area contributed by atoms with Crippen LogP contribution in [0.4, 0.5) is 17.1 Å². The Hall–Kier alpha value is -6.90. The van der Waals surface area contributed by atoms with Gasteiger partial charge in [-0.2, -0.15) is 0 Å². The zero-order valence-corrected chi connectivity index (χ0v) is 34.4. The van der Waals surface area contributed by atoms with Gasteiger partial charge in [0.05, 0.1) is 11.7 Å². The van der Waals surface area contributed by atoms with Crippen molar-refractivity contribution in [1.82, 2.24) is 0 Å². The van der Waals surface area contributed by atoms with Crippen LogP contribution in [0.15, 0.2) is 229 Å². The van der Waals surface area contributed by atoms with Crippen molar-refractivity contribution in [2.75, 3.05) is 9.80 Å². The molecule has 0 fully saturated rings. The molecule has 6 aromatic carbocycles. The number of aryl methyl sites for hydroxylation is 2. The summed E-state index contributed by atoms with van der Waals surface area (Å²) in [4.78, 5) is 4.86. The number of hydrogen-bond acceptors (Lipinski definition) is 2. The minimum Gasteiger partial charge on any atom is -0.334 e. The fourth-order valence-corrected chi connectivity index (χ4v) is 7.93. The minimum atomic E-state index is 0.235. The quantitative estimate of drug-likeness (QED) is 0.115. The Morgan fingerprint density at radius 1 is 0.627 bits per heavy atom. The molecular weight excluding hydrogens is 713 g/mol. The summed E-state index contributed by atoms with van der Waals surface area (Å²) in [6.07, 6.45) is 30.0. The van der Waals surface area contributed by atoms with Crippen molar-refractivity contribution in [3.05, 3.63) is 257 Å². The summed E-state index contributed by atoms with van der Waals surface area (Å²) in [5.41, 5.74) is 14.6. The van der Waals surface area contributed by atoms with Crippen LogP contribution in [-0.4, -0.2) is 6.04 Å². The summed E-state index contributed by atoms with van der Waals surface area (Å²) in [5.74, 6) is 0. The van der Waals surface area contributed by atoms with Gasteiger partial charge in [-0.05, 0) is 96.3 Å². The number of hydrogen-bond donors (Lipinski definition) is 0. The second-order valence-corrected chi connectivity index (χ2v) is 15.3. The summed E-state index contributed by atoms with van der Waals surface area (Å²) < 4.78 is 0. The van der Waals surface area contributed by atoms with Crippen molar-refractivity contribution in [3.8, 4) is 0 Å². The molecule has 1 atom stereocenters. The van der Waals surface area contributed by atoms with Gasteiger partial charge in [-0.3, -0.25) is 0 Å². The van der Waals surface area contributed by atoms with Crippen molar-refractivity contribution < 1.29 is 0 Å². The molecule has 0 heterocycles. The number of fused-ring (bicyclic) bond motifs is 1. The van der Waals surface area contributed by atoms with Crippen molar-refractivity contribution in [2.45, 2.75) is 46.1 Å². The average molecular weight is 765 g/mol. The monoisotopic (exact) mass is 764 g/mol. The van der Waals surface area contributed by atoms with Crippen molar-refractivity contribution in [1.29, 1.82) is 0 Å². The van der Waals surface area contributed by atoms with Crippen LogP contribution in [0.3, 0.4) is 0 Å². The average Bonchev–Trinajstić information content (AvgIpc) is 3.54. The van der Waals surface area contributed by atoms with E-state index in [1.165, 1.54) is 72.4 Å². The molecule has 2 aliphatic rings. The van der Waals surface area contributed by atoms with Crippen LogP contribution < -0.4 is 9.80 Å². The first-order chi connectivity index (χ1) is 29.0. The van der Waals surface area contributed by atoms with Gasteiger partial charge in [-0.1, -0.05) is 194 Å². The van der Waals surface area contributed by atoms with Gasteiger partial charge in [0.2, 0.25) is 0 Å². The zero-order valence-electron chi connectivity index (χ0n) is 34.4. The largest absolute Gasteiger partial charge is 0.334 e. The van der Waals surface area contributed by atoms with Gasteiger partial charge >= 0.3 is 0 Å². The Morgan fingerprint density at radius 3 is 1.85 bits per heavy atom. The van der Waals surface area contributed by atoms with E-state index in [0.29, 0.717) is 0 Å². The second-order valence-electron chi connectivity index (χ2n) is 15.3. The molecule has 0 radical (unpaired) electrons. The highest BCUT2D eigenvalue weighted by Gasteiger charge is 2.20. The maximum absolute atomic E-state index is 2.45. The fourth-order valence-electron chi connectivity index (χ4n) is 7.93. The molecule has 0 spiro atoms. The molecule has 6 aromatic rings. The molecule has 0 bridgehead atoms. The molecule has 0 aliphatic heterocycles. The van der Waals surface area contributed by atoms with Gasteiger partial charge < -0.3 is 9.80 Å². The van der Waals surface area contributed by atoms with Gasteiger partial charge in [0.1, 0.15) is 0 Å². The Kier molecular flexibility index (Phi) is 12.3. The maximum Gasteiger partial charge on any atom is 0.0560 e. The SMILES string of the molecule is CCC1=CC=C(N(C=C(c2ccccc2)c2ccccc2)c2ccc(/C=C/C=C/C3=CCC(N(c4ccc(C)cc4)c4ccc(C)cc4)C=C3)c3ccccc23)CC=C1. The standard InChI is InChI=1S/C57H52N2/c1-4-45-17-15-23-50(38-30-45)58(42-56(47-18-7-5-8-19-47)48-20-9-6-10-21-48)57-41-33-49(54-24-13-14-25-55(54)57)22-12-11-16-46-31-39-53(40-32-46)59(51-34-26-43(2)27-35-51)52-36-28-44(3)29-37-52/h5-22,24-39,41-42,53H,4,23,40H2,1-3H3/b16-11+,22-12+. The van der Waals surface area contributed by atoms with Crippen molar-refractivity contribution >= 4 is 39.5 Å². The van der Waals surface area contributed by atoms with E-state index in [1.807, 2.05) is 0 Å². The lowest BCUT2D eigenvalue weighted by Crippen LogP contribution is -2.30. The molecule has 0 N–H and O–H groups in total. The Balaban J connectivity index is 1.08. The molecule has 290 valence electrons. The summed E-state index contributed by atoms with van der Waals surface area (Å²) in [7, 11) is 0. The number of nitrogens with zero attached hydrogens (tertiary/aromatic N) is 2. The van der Waals surface area contributed by atoms with Crippen LogP contribution in [0.25, 0.3) is 22.4 Å². The molecule has 0 saturated carbocycles. The summed E-state index contributed by atoms with van der Waals surface area (Å²) in [5, 5.41) is 2.43. The summed E-state index contributed by atoms with van der Waals surface area (Å²) in [6, 6.07) is 52.8. The molecule has 2 heteroatoms. The molecule has 0 aromatic heterocycles. The van der Waals surface area contributed by atoms with Gasteiger partial charge in [-0.25, -0.2) is 0 Å². The second kappa shape index (κ2) is 18.6. The highest BCUT2D eigenvalue weighted by Crippen LogP contribution is 2.37. The van der Waals surface area contributed by atoms with Gasteiger partial charge in [0, 0.05) is 40.7 Å². The smallest absolute Gasteiger partial charge is 0.0560 e. The molecule has 0 saturated heterocycles. The predicted molar refractivity (Wildman–Crippen MR) is 255 cm³/mol. The third-order valence-electron chi connectivity index (χ3n) is 11.2. The lowest BCUT2D eigenvalue weighted by molar-refractivity contribution is 0.781. The molecule has 2 aliphatic carbocycles. The van der Waals surface area contributed by atoms with E-state index in [9.17, 15) is 0 Å². The number of anilines is 3. The van der Waals surface area contributed by atoms with E-state index in [0.717, 1.165) is 24.9 Å². The first-order valence-electron chi connectivity index (χ1n) is 20.9. The molecule has 1 unspecified atom stereocenters. The van der Waals surface area contributed by atoms with E-state index >= 15 is 0 Å². The van der Waals surface area contributed by atoms with Gasteiger partial charge in [-0.15, -0.1) is 0 Å². The third kappa shape index (κ3) is 9.30. The van der Waals surface area contributed by atoms with E-state index in [4.69, 9.17) is 0 Å². The lowest BCUT2D eigenvalue weighted by atomic mass is 9.97. The molecule has 8 rings (SSSR count). The van der Waals surface area contributed by atoms with Gasteiger partial charge in [0.15, 0.2) is 0 Å². The highest BCUT2D eigenvalue weighted by atomic mass is 15.2. The topological polar surface area (TPSA) is 6.48 Å². The Bertz CT molecular complexity index is 2540. The molecule has 59 heavy (non-hydrogen) atoms. The molecule has 0 amide bonds. The summed E-state index contributed by atoms with van der Waals surface area (Å²) in [6.45, 7) is 6.50. The highest BCUT2D eigenvalue weighted by molar-refractivity contribution is 6.01. The normalized spacial score (nSPS) is 15.2. The van der Waals surface area contributed by atoms with Crippen LogP contribution in [-0.2, 0) is 0 Å². The zero-order chi connectivity index (χ0) is 40.4. The lowest BCUT2D eigenvalue weighted by Gasteiger charge is -2.33. The van der Waals surface area contributed by atoms with Crippen LogP contribution in [0.1, 0.15) is 54.0 Å². The Labute approximate surface area is 351 Å². The van der Waals surface area contributed by atoms with Gasteiger partial charge in [0.25, 0.3) is 0 Å². The number of allylic oxidation sites excluding steroid dienone is 10. The van der Waals surface area contributed by atoms with E-state index < -0.39 is 0 Å². The molecule has 2 nitrogen and oxygen atoms in total. The van der Waals surface area contributed by atoms with E-state index in [1.54, 1.807) is 0 Å². The van der Waals surface area contributed by atoms with Crippen molar-refractivity contribution in [2.24, 2.45) is 0 Å². The maximum atomic E-state index is 2.45. The van der Waals surface area contributed by atoms with Crippen LogP contribution in [0.2, 0.25) is 0 Å².